The minimum Gasteiger partial charge on any atom is -0.372 e. The molecule has 1 amide bonds. The first-order valence-corrected chi connectivity index (χ1v) is 11.0. The van der Waals surface area contributed by atoms with Crippen LogP contribution in [0.15, 0.2) is 55.0 Å². The average Bonchev–Trinajstić information content (AvgIpc) is 2.88. The van der Waals surface area contributed by atoms with Crippen LogP contribution in [0.3, 0.4) is 0 Å². The van der Waals surface area contributed by atoms with E-state index in [4.69, 9.17) is 6.42 Å². The second-order valence-electron chi connectivity index (χ2n) is 8.69. The van der Waals surface area contributed by atoms with Crippen LogP contribution in [0.5, 0.6) is 0 Å². The van der Waals surface area contributed by atoms with Crippen molar-refractivity contribution in [2.45, 2.75) is 26.2 Å². The molecule has 0 saturated carbocycles. The van der Waals surface area contributed by atoms with Gasteiger partial charge in [-0.1, -0.05) is 12.0 Å². The van der Waals surface area contributed by atoms with Crippen molar-refractivity contribution in [1.29, 1.82) is 5.26 Å². The van der Waals surface area contributed by atoms with Gasteiger partial charge >= 0.3 is 0 Å². The van der Waals surface area contributed by atoms with E-state index in [1.165, 1.54) is 0 Å². The molecule has 4 aromatic rings. The van der Waals surface area contributed by atoms with E-state index in [-0.39, 0.29) is 5.91 Å². The van der Waals surface area contributed by atoms with Gasteiger partial charge in [-0.3, -0.25) is 14.8 Å². The van der Waals surface area contributed by atoms with E-state index in [9.17, 15) is 10.1 Å². The second-order valence-corrected chi connectivity index (χ2v) is 8.69. The highest BCUT2D eigenvalue weighted by Gasteiger charge is 2.20. The lowest BCUT2D eigenvalue weighted by atomic mass is 9.89. The molecule has 0 spiro atoms. The second kappa shape index (κ2) is 9.24. The topological polar surface area (TPSA) is 104 Å². The summed E-state index contributed by atoms with van der Waals surface area (Å²) in [5, 5.41) is 16.2. The normalized spacial score (nSPS) is 10.9. The highest BCUT2D eigenvalue weighted by molar-refractivity contribution is 6.04. The summed E-state index contributed by atoms with van der Waals surface area (Å²) in [6.45, 7) is 5.76. The molecule has 35 heavy (non-hydrogen) atoms. The fourth-order valence-electron chi connectivity index (χ4n) is 3.74. The summed E-state index contributed by atoms with van der Waals surface area (Å²) >= 11 is 0. The number of hydrogen-bond donors (Lipinski definition) is 2. The highest BCUT2D eigenvalue weighted by Crippen LogP contribution is 2.30. The molecular formula is C28H24N6O. The summed E-state index contributed by atoms with van der Waals surface area (Å²) in [6.07, 6.45) is 10.6. The van der Waals surface area contributed by atoms with Crippen LogP contribution in [0.2, 0.25) is 0 Å². The van der Waals surface area contributed by atoms with Crippen LogP contribution in [-0.2, 0) is 5.41 Å². The van der Waals surface area contributed by atoms with Crippen LogP contribution in [0.4, 0.5) is 11.5 Å². The van der Waals surface area contributed by atoms with E-state index in [2.05, 4.69) is 37.6 Å². The van der Waals surface area contributed by atoms with E-state index in [1.807, 2.05) is 45.0 Å². The standard InChI is InChI=1S/C28H24N6O/c1-6-28(3,4)24-12-18(9-10-31-24)27(35)34-21-8-7-17(2)22(13-21)19-11-20-16-33-26(30-5)23(14-29)25(20)32-15-19/h1,7-13,15-16H,2-5H3,(H,30,33)(H,34,35). The van der Waals surface area contributed by atoms with Crippen molar-refractivity contribution < 1.29 is 4.79 Å². The predicted octanol–water partition coefficient (Wildman–Crippen LogP) is 5.08. The number of carbonyl (C=O) groups excluding carboxylic acids is 1. The lowest BCUT2D eigenvalue weighted by Gasteiger charge is -2.17. The van der Waals surface area contributed by atoms with Crippen LogP contribution in [-0.4, -0.2) is 27.9 Å². The molecule has 4 rings (SSSR count). The van der Waals surface area contributed by atoms with Crippen molar-refractivity contribution in [3.63, 3.8) is 0 Å². The van der Waals surface area contributed by atoms with Crippen LogP contribution in [0.1, 0.15) is 41.0 Å². The fourth-order valence-corrected chi connectivity index (χ4v) is 3.74. The number of pyridine rings is 3. The minimum atomic E-state index is -0.579. The van der Waals surface area contributed by atoms with Crippen LogP contribution >= 0.6 is 0 Å². The Balaban J connectivity index is 1.67. The van der Waals surface area contributed by atoms with Gasteiger partial charge in [0.2, 0.25) is 0 Å². The zero-order chi connectivity index (χ0) is 25.2. The van der Waals surface area contributed by atoms with Crippen molar-refractivity contribution in [1.82, 2.24) is 15.0 Å². The quantitative estimate of drug-likeness (QED) is 0.403. The molecule has 172 valence electrons. The van der Waals surface area contributed by atoms with Gasteiger partial charge in [-0.15, -0.1) is 6.42 Å². The smallest absolute Gasteiger partial charge is 0.255 e. The highest BCUT2D eigenvalue weighted by atomic mass is 16.1. The molecule has 0 fully saturated rings. The first kappa shape index (κ1) is 23.4. The number of amides is 1. The van der Waals surface area contributed by atoms with Gasteiger partial charge < -0.3 is 10.6 Å². The summed E-state index contributed by atoms with van der Waals surface area (Å²) in [5.41, 5.74) is 4.98. The SMILES string of the molecule is C#CC(C)(C)c1cc(C(=O)Nc2ccc(C)c(-c3cnc4c(C#N)c(NC)ncc4c3)c2)ccn1. The molecule has 0 saturated heterocycles. The van der Waals surface area contributed by atoms with Gasteiger partial charge in [-0.25, -0.2) is 4.98 Å². The summed E-state index contributed by atoms with van der Waals surface area (Å²) in [4.78, 5) is 26.2. The van der Waals surface area contributed by atoms with Gasteiger partial charge in [0.1, 0.15) is 17.5 Å². The van der Waals surface area contributed by atoms with E-state index in [0.717, 1.165) is 22.1 Å². The maximum Gasteiger partial charge on any atom is 0.255 e. The number of fused-ring (bicyclic) bond motifs is 1. The number of hydrogen-bond acceptors (Lipinski definition) is 6. The predicted molar refractivity (Wildman–Crippen MR) is 138 cm³/mol. The van der Waals surface area contributed by atoms with Crippen molar-refractivity contribution in [3.8, 4) is 29.5 Å². The number of carbonyl (C=O) groups is 1. The summed E-state index contributed by atoms with van der Waals surface area (Å²) < 4.78 is 0. The molecule has 0 aliphatic heterocycles. The largest absolute Gasteiger partial charge is 0.372 e. The third-order valence-corrected chi connectivity index (χ3v) is 5.90. The van der Waals surface area contributed by atoms with Crippen molar-refractivity contribution in [3.05, 3.63) is 77.4 Å². The molecule has 1 aromatic carbocycles. The van der Waals surface area contributed by atoms with Gasteiger partial charge in [0, 0.05) is 47.8 Å². The Morgan fingerprint density at radius 3 is 2.60 bits per heavy atom. The molecule has 3 heterocycles. The molecular weight excluding hydrogens is 436 g/mol. The molecule has 0 aliphatic carbocycles. The molecule has 2 N–H and O–H groups in total. The minimum absolute atomic E-state index is 0.254. The molecule has 3 aromatic heterocycles. The van der Waals surface area contributed by atoms with Gasteiger partial charge in [-0.05, 0) is 62.2 Å². The van der Waals surface area contributed by atoms with Gasteiger partial charge in [0.05, 0.1) is 16.6 Å². The Morgan fingerprint density at radius 1 is 1.09 bits per heavy atom. The van der Waals surface area contributed by atoms with E-state index < -0.39 is 5.41 Å². The van der Waals surface area contributed by atoms with Crippen LogP contribution in [0.25, 0.3) is 22.0 Å². The number of nitrogens with one attached hydrogen (secondary N) is 2. The number of nitrogens with zero attached hydrogens (tertiary/aromatic N) is 4. The number of aryl methyl sites for hydroxylation is 1. The van der Waals surface area contributed by atoms with Crippen LogP contribution < -0.4 is 10.6 Å². The third-order valence-electron chi connectivity index (χ3n) is 5.90. The van der Waals surface area contributed by atoms with Gasteiger partial charge in [-0.2, -0.15) is 5.26 Å². The fraction of sp³-hybridized carbons (Fsp3) is 0.179. The molecule has 0 radical (unpaired) electrons. The molecule has 7 heteroatoms. The average molecular weight is 461 g/mol. The number of nitriles is 1. The lowest BCUT2D eigenvalue weighted by molar-refractivity contribution is 0.102. The summed E-state index contributed by atoms with van der Waals surface area (Å²) in [7, 11) is 1.72. The first-order valence-electron chi connectivity index (χ1n) is 11.0. The van der Waals surface area contributed by atoms with Gasteiger partial charge in [0.25, 0.3) is 5.91 Å². The maximum absolute atomic E-state index is 13.0. The molecule has 0 aliphatic rings. The Morgan fingerprint density at radius 2 is 1.89 bits per heavy atom. The monoisotopic (exact) mass is 460 g/mol. The summed E-state index contributed by atoms with van der Waals surface area (Å²) in [6, 6.07) is 13.2. The Hall–Kier alpha value is -4.75. The number of benzene rings is 1. The van der Waals surface area contributed by atoms with E-state index >= 15 is 0 Å². The van der Waals surface area contributed by atoms with Crippen molar-refractivity contribution in [2.24, 2.45) is 0 Å². The maximum atomic E-state index is 13.0. The molecule has 0 bridgehead atoms. The first-order chi connectivity index (χ1) is 16.8. The van der Waals surface area contributed by atoms with Gasteiger partial charge in [0.15, 0.2) is 0 Å². The number of rotatable bonds is 5. The summed E-state index contributed by atoms with van der Waals surface area (Å²) in [5.74, 6) is 2.94. The van der Waals surface area contributed by atoms with Crippen molar-refractivity contribution >= 4 is 28.3 Å². The van der Waals surface area contributed by atoms with E-state index in [0.29, 0.717) is 33.8 Å². The molecule has 0 atom stereocenters. The number of terminal acetylenes is 1. The third kappa shape index (κ3) is 4.53. The molecule has 7 nitrogen and oxygen atoms in total. The Kier molecular flexibility index (Phi) is 6.18. The molecule has 0 unspecified atom stereocenters. The number of aromatic nitrogens is 3. The Labute approximate surface area is 204 Å². The zero-order valence-electron chi connectivity index (χ0n) is 20.0. The van der Waals surface area contributed by atoms with Crippen molar-refractivity contribution in [2.75, 3.05) is 17.7 Å². The lowest BCUT2D eigenvalue weighted by Crippen LogP contribution is -2.18. The van der Waals surface area contributed by atoms with Crippen LogP contribution in [0, 0.1) is 30.6 Å². The number of anilines is 2. The zero-order valence-corrected chi connectivity index (χ0v) is 20.0. The Bertz CT molecular complexity index is 1540. The van der Waals surface area contributed by atoms with E-state index in [1.54, 1.807) is 37.8 Å².